The fourth-order valence-corrected chi connectivity index (χ4v) is 5.31. The molecule has 2 aliphatic heterocycles. The number of nitrogens with zero attached hydrogens (tertiary/aromatic N) is 3. The first kappa shape index (κ1) is 31.8. The Kier molecular flexibility index (Phi) is 10.5. The van der Waals surface area contributed by atoms with Gasteiger partial charge in [0.2, 0.25) is 0 Å². The molecule has 3 N–H and O–H groups in total. The molecule has 2 aromatic rings. The smallest absolute Gasteiger partial charge is 0.390 e. The molecule has 0 saturated carbocycles. The van der Waals surface area contributed by atoms with Crippen LogP contribution in [0.5, 0.6) is 0 Å². The van der Waals surface area contributed by atoms with E-state index >= 15 is 4.39 Å². The molecular weight excluding hydrogens is 585 g/mol. The van der Waals surface area contributed by atoms with Gasteiger partial charge in [0, 0.05) is 69.6 Å². The van der Waals surface area contributed by atoms with Crippen LogP contribution in [0.2, 0.25) is 5.02 Å². The minimum absolute atomic E-state index is 0.0227. The van der Waals surface area contributed by atoms with Gasteiger partial charge in [-0.15, -0.1) is 0 Å². The van der Waals surface area contributed by atoms with Gasteiger partial charge in [-0.1, -0.05) is 17.7 Å². The average Bonchev–Trinajstić information content (AvgIpc) is 2.97. The lowest BCUT2D eigenvalue weighted by molar-refractivity contribution is -0.138. The number of likely N-dealkylation sites (tertiary alicyclic amines) is 1. The van der Waals surface area contributed by atoms with Crippen LogP contribution < -0.4 is 15.5 Å². The molecule has 14 heteroatoms. The Balaban J connectivity index is 1.39. The van der Waals surface area contributed by atoms with E-state index in [1.54, 1.807) is 11.0 Å². The van der Waals surface area contributed by atoms with Gasteiger partial charge in [-0.25, -0.2) is 13.6 Å². The van der Waals surface area contributed by atoms with Crippen LogP contribution in [0.1, 0.15) is 35.2 Å². The maximum absolute atomic E-state index is 15.0. The second-order valence-corrected chi connectivity index (χ2v) is 10.9. The van der Waals surface area contributed by atoms with Crippen LogP contribution in [0.15, 0.2) is 30.3 Å². The molecule has 0 bridgehead atoms. The number of amides is 3. The number of benzene rings is 2. The van der Waals surface area contributed by atoms with Crippen LogP contribution in [-0.4, -0.2) is 85.4 Å². The van der Waals surface area contributed by atoms with E-state index in [1.807, 2.05) is 4.90 Å². The standard InChI is InChI=1S/C28H33ClF5N5O3/c29-20-4-6-22(23(14-20)38-12-10-37(11-13-38)9-7-28(32,33)34)36-26(41)21-5-3-19(24(30)25(21)31)15-35-27(42)39-8-1-2-18(16-39)17-40/h3-6,14,18,40H,1-2,7-13,15-17H2,(H,35,42)(H,36,41)/t18-/m1/s1. The summed E-state index contributed by atoms with van der Waals surface area (Å²) in [5.74, 6) is -3.56. The number of anilines is 2. The van der Waals surface area contributed by atoms with Crippen molar-refractivity contribution in [3.8, 4) is 0 Å². The molecule has 2 aliphatic rings. The van der Waals surface area contributed by atoms with Crippen LogP contribution in [0, 0.1) is 17.6 Å². The molecule has 42 heavy (non-hydrogen) atoms. The predicted octanol–water partition coefficient (Wildman–Crippen LogP) is 4.86. The van der Waals surface area contributed by atoms with E-state index < -0.39 is 41.7 Å². The number of urea groups is 1. The largest absolute Gasteiger partial charge is 0.396 e. The van der Waals surface area contributed by atoms with E-state index in [0.717, 1.165) is 18.9 Å². The zero-order chi connectivity index (χ0) is 30.4. The molecule has 2 saturated heterocycles. The van der Waals surface area contributed by atoms with Gasteiger partial charge < -0.3 is 25.5 Å². The minimum atomic E-state index is -4.24. The molecule has 2 fully saturated rings. The van der Waals surface area contributed by atoms with Crippen molar-refractivity contribution in [1.82, 2.24) is 15.1 Å². The first-order chi connectivity index (χ1) is 19.9. The number of piperidine rings is 1. The van der Waals surface area contributed by atoms with E-state index in [-0.39, 0.29) is 36.9 Å². The summed E-state index contributed by atoms with van der Waals surface area (Å²) in [5.41, 5.74) is 0.116. The van der Waals surface area contributed by atoms with Crippen LogP contribution in [0.4, 0.5) is 38.1 Å². The van der Waals surface area contributed by atoms with Crippen LogP contribution in [0.3, 0.4) is 0 Å². The van der Waals surface area contributed by atoms with Gasteiger partial charge in [0.25, 0.3) is 5.91 Å². The summed E-state index contributed by atoms with van der Waals surface area (Å²) >= 11 is 6.17. The van der Waals surface area contributed by atoms with Crippen molar-refractivity contribution < 1.29 is 36.6 Å². The number of rotatable bonds is 8. The lowest BCUT2D eigenvalue weighted by Crippen LogP contribution is -2.47. The number of hydrogen-bond donors (Lipinski definition) is 3. The Morgan fingerprint density at radius 3 is 2.45 bits per heavy atom. The van der Waals surface area contributed by atoms with Crippen molar-refractivity contribution >= 4 is 34.9 Å². The lowest BCUT2D eigenvalue weighted by atomic mass is 9.99. The molecule has 0 radical (unpaired) electrons. The van der Waals surface area contributed by atoms with E-state index in [0.29, 0.717) is 50.0 Å². The Morgan fingerprint density at radius 1 is 1.02 bits per heavy atom. The summed E-state index contributed by atoms with van der Waals surface area (Å²) < 4.78 is 67.7. The van der Waals surface area contributed by atoms with E-state index in [4.69, 9.17) is 11.6 Å². The SMILES string of the molecule is O=C(Nc1ccc(Cl)cc1N1CCN(CCC(F)(F)F)CC1)c1ccc(CNC(=O)N2CCC[C@@H](CO)C2)c(F)c1F. The fraction of sp³-hybridized carbons (Fsp3) is 0.500. The maximum Gasteiger partial charge on any atom is 0.390 e. The number of alkyl halides is 3. The van der Waals surface area contributed by atoms with Crippen LogP contribution >= 0.6 is 11.6 Å². The second-order valence-electron chi connectivity index (χ2n) is 10.5. The highest BCUT2D eigenvalue weighted by Gasteiger charge is 2.29. The molecule has 0 aliphatic carbocycles. The first-order valence-corrected chi connectivity index (χ1v) is 14.1. The molecule has 1 atom stereocenters. The van der Waals surface area contributed by atoms with Crippen molar-refractivity contribution in [2.75, 3.05) is 62.6 Å². The third-order valence-corrected chi connectivity index (χ3v) is 7.77. The zero-order valence-corrected chi connectivity index (χ0v) is 23.6. The molecule has 0 aromatic heterocycles. The van der Waals surface area contributed by atoms with Gasteiger partial charge >= 0.3 is 12.2 Å². The summed E-state index contributed by atoms with van der Waals surface area (Å²) in [6.07, 6.45) is -3.59. The highest BCUT2D eigenvalue weighted by atomic mass is 35.5. The number of piperazine rings is 1. The summed E-state index contributed by atoms with van der Waals surface area (Å²) in [6, 6.07) is 6.54. The molecule has 4 rings (SSSR count). The van der Waals surface area contributed by atoms with Gasteiger partial charge in [0.1, 0.15) is 0 Å². The molecule has 2 heterocycles. The number of hydrogen-bond acceptors (Lipinski definition) is 5. The van der Waals surface area contributed by atoms with Gasteiger partial charge in [-0.2, -0.15) is 13.2 Å². The van der Waals surface area contributed by atoms with E-state index in [1.165, 1.54) is 23.1 Å². The average molecular weight is 618 g/mol. The number of aliphatic hydroxyl groups excluding tert-OH is 1. The van der Waals surface area contributed by atoms with Crippen molar-refractivity contribution in [2.24, 2.45) is 5.92 Å². The van der Waals surface area contributed by atoms with Gasteiger partial charge in [0.15, 0.2) is 11.6 Å². The van der Waals surface area contributed by atoms with Gasteiger partial charge in [-0.3, -0.25) is 9.69 Å². The Hall–Kier alpha value is -3.16. The summed E-state index contributed by atoms with van der Waals surface area (Å²) in [5, 5.41) is 14.9. The van der Waals surface area contributed by atoms with Gasteiger partial charge in [-0.05, 0) is 43.0 Å². The molecule has 0 spiro atoms. The normalized spacial score (nSPS) is 18.2. The van der Waals surface area contributed by atoms with Crippen LogP contribution in [0.25, 0.3) is 0 Å². The molecular formula is C28H33ClF5N5O3. The third-order valence-electron chi connectivity index (χ3n) is 7.53. The Bertz CT molecular complexity index is 1270. The van der Waals surface area contributed by atoms with E-state index in [2.05, 4.69) is 10.6 Å². The Morgan fingerprint density at radius 2 is 1.76 bits per heavy atom. The first-order valence-electron chi connectivity index (χ1n) is 13.7. The second kappa shape index (κ2) is 13.9. The monoisotopic (exact) mass is 617 g/mol. The number of nitrogens with one attached hydrogen (secondary N) is 2. The summed E-state index contributed by atoms with van der Waals surface area (Å²) in [6.45, 7) is 1.93. The van der Waals surface area contributed by atoms with Crippen molar-refractivity contribution in [3.63, 3.8) is 0 Å². The predicted molar refractivity (Wildman–Crippen MR) is 149 cm³/mol. The highest BCUT2D eigenvalue weighted by Crippen LogP contribution is 2.31. The number of halogens is 6. The summed E-state index contributed by atoms with van der Waals surface area (Å²) in [7, 11) is 0. The topological polar surface area (TPSA) is 88.2 Å². The number of aliphatic hydroxyl groups is 1. The quantitative estimate of drug-likeness (QED) is 0.369. The molecule has 0 unspecified atom stereocenters. The molecule has 3 amide bonds. The number of carbonyl (C=O) groups is 2. The van der Waals surface area contributed by atoms with E-state index in [9.17, 15) is 32.3 Å². The van der Waals surface area contributed by atoms with Gasteiger partial charge in [0.05, 0.1) is 23.4 Å². The van der Waals surface area contributed by atoms with Crippen molar-refractivity contribution in [1.29, 1.82) is 0 Å². The minimum Gasteiger partial charge on any atom is -0.396 e. The molecule has 2 aromatic carbocycles. The zero-order valence-electron chi connectivity index (χ0n) is 22.8. The highest BCUT2D eigenvalue weighted by molar-refractivity contribution is 6.31. The number of carbonyl (C=O) groups excluding carboxylic acids is 2. The molecule has 8 nitrogen and oxygen atoms in total. The molecule has 230 valence electrons. The summed E-state index contributed by atoms with van der Waals surface area (Å²) in [4.78, 5) is 30.6. The third kappa shape index (κ3) is 8.23. The fourth-order valence-electron chi connectivity index (χ4n) is 5.14. The maximum atomic E-state index is 15.0. The Labute approximate surface area is 245 Å². The van der Waals surface area contributed by atoms with Crippen LogP contribution in [-0.2, 0) is 6.54 Å². The lowest BCUT2D eigenvalue weighted by Gasteiger charge is -2.37. The van der Waals surface area contributed by atoms with Crippen molar-refractivity contribution in [3.05, 3.63) is 58.1 Å². The van der Waals surface area contributed by atoms with Crippen molar-refractivity contribution in [2.45, 2.75) is 32.0 Å².